The van der Waals surface area contributed by atoms with Gasteiger partial charge in [0.1, 0.15) is 6.61 Å². The molecule has 0 aliphatic rings. The lowest BCUT2D eigenvalue weighted by molar-refractivity contribution is 0.260. The zero-order valence-electron chi connectivity index (χ0n) is 10.3. The highest BCUT2D eigenvalue weighted by molar-refractivity contribution is 7.71. The number of aromatic amines is 1. The Morgan fingerprint density at radius 2 is 1.94 bits per heavy atom. The highest BCUT2D eigenvalue weighted by Crippen LogP contribution is 2.26. The molecule has 96 valence electrons. The van der Waals surface area contributed by atoms with Crippen molar-refractivity contribution in [2.24, 2.45) is 7.05 Å². The summed E-state index contributed by atoms with van der Waals surface area (Å²) in [6.07, 6.45) is 0. The number of hydrogen-bond donors (Lipinski definition) is 1. The third-order valence-corrected chi connectivity index (χ3v) is 2.84. The average molecular weight is 265 g/mol. The molecule has 1 aromatic carbocycles. The molecule has 18 heavy (non-hydrogen) atoms. The summed E-state index contributed by atoms with van der Waals surface area (Å²) in [4.78, 5) is 0. The number of aromatic nitrogens is 3. The van der Waals surface area contributed by atoms with Gasteiger partial charge >= 0.3 is 0 Å². The van der Waals surface area contributed by atoms with E-state index in [1.54, 1.807) is 4.57 Å². The van der Waals surface area contributed by atoms with E-state index >= 15 is 0 Å². The molecule has 0 amide bonds. The Labute approximate surface area is 110 Å². The van der Waals surface area contributed by atoms with Crippen molar-refractivity contribution in [1.29, 1.82) is 0 Å². The van der Waals surface area contributed by atoms with E-state index < -0.39 is 0 Å². The van der Waals surface area contributed by atoms with Crippen LogP contribution in [0.25, 0.3) is 0 Å². The van der Waals surface area contributed by atoms with Gasteiger partial charge in [-0.25, -0.2) is 0 Å². The number of ether oxygens (including phenoxy) is 2. The first kappa shape index (κ1) is 12.6. The van der Waals surface area contributed by atoms with Crippen LogP contribution in [0.4, 0.5) is 0 Å². The van der Waals surface area contributed by atoms with Gasteiger partial charge in [0.05, 0.1) is 6.61 Å². The van der Waals surface area contributed by atoms with Crippen molar-refractivity contribution in [2.45, 2.75) is 13.5 Å². The first-order chi connectivity index (χ1) is 8.72. The predicted molar refractivity (Wildman–Crippen MR) is 70.3 cm³/mol. The summed E-state index contributed by atoms with van der Waals surface area (Å²) in [7, 11) is 1.85. The average Bonchev–Trinajstić information content (AvgIpc) is 2.70. The number of nitrogens with zero attached hydrogens (tertiary/aromatic N) is 2. The van der Waals surface area contributed by atoms with Crippen molar-refractivity contribution in [1.82, 2.24) is 14.8 Å². The Hall–Kier alpha value is -1.82. The summed E-state index contributed by atoms with van der Waals surface area (Å²) >= 11 is 5.04. The molecule has 2 rings (SSSR count). The molecule has 0 bridgehead atoms. The first-order valence-corrected chi connectivity index (χ1v) is 6.08. The molecule has 0 saturated heterocycles. The van der Waals surface area contributed by atoms with E-state index in [2.05, 4.69) is 10.2 Å². The molecule has 0 atom stereocenters. The maximum Gasteiger partial charge on any atom is 0.194 e. The second-order valence-corrected chi connectivity index (χ2v) is 4.06. The molecule has 0 fully saturated rings. The predicted octanol–water partition coefficient (Wildman–Crippen LogP) is 2.46. The van der Waals surface area contributed by atoms with E-state index in [0.717, 1.165) is 11.6 Å². The van der Waals surface area contributed by atoms with Crippen molar-refractivity contribution in [3.05, 3.63) is 34.9 Å². The van der Waals surface area contributed by atoms with Crippen LogP contribution in [-0.2, 0) is 13.7 Å². The smallest absolute Gasteiger partial charge is 0.194 e. The molecule has 2 aromatic rings. The van der Waals surface area contributed by atoms with Gasteiger partial charge in [0, 0.05) is 7.05 Å². The Morgan fingerprint density at radius 1 is 1.28 bits per heavy atom. The van der Waals surface area contributed by atoms with E-state index in [1.165, 1.54) is 0 Å². The Morgan fingerprint density at radius 3 is 2.50 bits per heavy atom. The van der Waals surface area contributed by atoms with E-state index in [4.69, 9.17) is 21.7 Å². The molecular weight excluding hydrogens is 250 g/mol. The van der Waals surface area contributed by atoms with Gasteiger partial charge in [-0.15, -0.1) is 0 Å². The lowest BCUT2D eigenvalue weighted by atomic mass is 10.3. The van der Waals surface area contributed by atoms with Gasteiger partial charge in [-0.1, -0.05) is 12.1 Å². The Bertz CT molecular complexity index is 577. The van der Waals surface area contributed by atoms with Crippen molar-refractivity contribution in [2.75, 3.05) is 6.61 Å². The van der Waals surface area contributed by atoms with Crippen LogP contribution in [0, 0.1) is 4.77 Å². The van der Waals surface area contributed by atoms with Crippen LogP contribution in [-0.4, -0.2) is 21.4 Å². The molecule has 0 aliphatic carbocycles. The number of para-hydroxylation sites is 2. The van der Waals surface area contributed by atoms with Crippen LogP contribution in [0.3, 0.4) is 0 Å². The Kier molecular flexibility index (Phi) is 3.99. The van der Waals surface area contributed by atoms with E-state index in [-0.39, 0.29) is 0 Å². The lowest BCUT2D eigenvalue weighted by Gasteiger charge is -2.10. The molecule has 5 nitrogen and oxygen atoms in total. The summed E-state index contributed by atoms with van der Waals surface area (Å²) in [6, 6.07) is 7.56. The summed E-state index contributed by atoms with van der Waals surface area (Å²) in [5.74, 6) is 2.18. The highest BCUT2D eigenvalue weighted by atomic mass is 32.1. The van der Waals surface area contributed by atoms with Gasteiger partial charge in [0.15, 0.2) is 22.1 Å². The third kappa shape index (κ3) is 2.70. The monoisotopic (exact) mass is 265 g/mol. The van der Waals surface area contributed by atoms with Crippen LogP contribution >= 0.6 is 12.2 Å². The zero-order valence-corrected chi connectivity index (χ0v) is 11.2. The summed E-state index contributed by atoms with van der Waals surface area (Å²) in [5.41, 5.74) is 0. The highest BCUT2D eigenvalue weighted by Gasteiger charge is 2.07. The van der Waals surface area contributed by atoms with Gasteiger partial charge < -0.3 is 14.0 Å². The summed E-state index contributed by atoms with van der Waals surface area (Å²) < 4.78 is 13.5. The quantitative estimate of drug-likeness (QED) is 0.844. The van der Waals surface area contributed by atoms with Crippen LogP contribution in [0.15, 0.2) is 24.3 Å². The van der Waals surface area contributed by atoms with E-state index in [0.29, 0.717) is 23.7 Å². The topological polar surface area (TPSA) is 52.1 Å². The molecule has 1 N–H and O–H groups in total. The summed E-state index contributed by atoms with van der Waals surface area (Å²) in [5, 5.41) is 6.80. The second-order valence-electron chi connectivity index (χ2n) is 3.67. The van der Waals surface area contributed by atoms with E-state index in [9.17, 15) is 0 Å². The number of rotatable bonds is 5. The second kappa shape index (κ2) is 5.68. The van der Waals surface area contributed by atoms with Crippen molar-refractivity contribution >= 4 is 12.2 Å². The SMILES string of the molecule is CCOc1ccccc1OCc1n[nH]c(=S)n1C. The molecule has 0 aliphatic heterocycles. The molecule has 1 aromatic heterocycles. The fourth-order valence-corrected chi connectivity index (χ4v) is 1.65. The fraction of sp³-hybridized carbons (Fsp3) is 0.333. The number of benzene rings is 1. The zero-order chi connectivity index (χ0) is 13.0. The minimum atomic E-state index is 0.341. The molecule has 0 radical (unpaired) electrons. The van der Waals surface area contributed by atoms with Gasteiger partial charge in [-0.3, -0.25) is 5.10 Å². The lowest BCUT2D eigenvalue weighted by Crippen LogP contribution is -2.04. The van der Waals surface area contributed by atoms with Crippen LogP contribution in [0.2, 0.25) is 0 Å². The number of H-pyrrole nitrogens is 1. The minimum Gasteiger partial charge on any atom is -0.490 e. The Balaban J connectivity index is 2.10. The van der Waals surface area contributed by atoms with Crippen LogP contribution in [0.1, 0.15) is 12.7 Å². The maximum atomic E-state index is 5.70. The van der Waals surface area contributed by atoms with Gasteiger partial charge in [0.25, 0.3) is 0 Å². The standard InChI is InChI=1S/C12H15N3O2S/c1-3-16-9-6-4-5-7-10(9)17-8-11-13-14-12(18)15(11)2/h4-7H,3,8H2,1-2H3,(H,14,18). The largest absolute Gasteiger partial charge is 0.490 e. The molecule has 6 heteroatoms. The molecule has 0 spiro atoms. The normalized spacial score (nSPS) is 10.3. The van der Waals surface area contributed by atoms with Crippen molar-refractivity contribution in [3.63, 3.8) is 0 Å². The number of nitrogens with one attached hydrogen (secondary N) is 1. The maximum absolute atomic E-state index is 5.70. The van der Waals surface area contributed by atoms with Gasteiger partial charge in [-0.2, -0.15) is 5.10 Å². The third-order valence-electron chi connectivity index (χ3n) is 2.48. The van der Waals surface area contributed by atoms with Gasteiger partial charge in [-0.05, 0) is 31.3 Å². The molecule has 1 heterocycles. The van der Waals surface area contributed by atoms with Crippen molar-refractivity contribution in [3.8, 4) is 11.5 Å². The minimum absolute atomic E-state index is 0.341. The number of hydrogen-bond acceptors (Lipinski definition) is 4. The van der Waals surface area contributed by atoms with Crippen LogP contribution in [0.5, 0.6) is 11.5 Å². The van der Waals surface area contributed by atoms with Gasteiger partial charge in [0.2, 0.25) is 0 Å². The van der Waals surface area contributed by atoms with Crippen molar-refractivity contribution < 1.29 is 9.47 Å². The van der Waals surface area contributed by atoms with E-state index in [1.807, 2.05) is 38.2 Å². The molecule has 0 unspecified atom stereocenters. The molecular formula is C12H15N3O2S. The fourth-order valence-electron chi connectivity index (χ4n) is 1.50. The summed E-state index contributed by atoms with van der Waals surface area (Å²) in [6.45, 7) is 2.88. The first-order valence-electron chi connectivity index (χ1n) is 5.67. The molecule has 0 saturated carbocycles. The van der Waals surface area contributed by atoms with Crippen LogP contribution < -0.4 is 9.47 Å².